The van der Waals surface area contributed by atoms with E-state index in [0.717, 1.165) is 40.2 Å². The fourth-order valence-electron chi connectivity index (χ4n) is 3.09. The van der Waals surface area contributed by atoms with Crippen molar-refractivity contribution in [2.45, 2.75) is 20.0 Å². The van der Waals surface area contributed by atoms with Gasteiger partial charge in [0.25, 0.3) is 0 Å². The number of hydrogen-bond acceptors (Lipinski definition) is 4. The summed E-state index contributed by atoms with van der Waals surface area (Å²) in [5, 5.41) is 7.84. The lowest BCUT2D eigenvalue weighted by Gasteiger charge is -2.16. The van der Waals surface area contributed by atoms with E-state index in [-0.39, 0.29) is 0 Å². The number of rotatable bonds is 8. The van der Waals surface area contributed by atoms with Gasteiger partial charge in [0.15, 0.2) is 5.96 Å². The van der Waals surface area contributed by atoms with E-state index >= 15 is 0 Å². The zero-order valence-corrected chi connectivity index (χ0v) is 17.7. The Hall–Kier alpha value is -2.99. The average Bonchev–Trinajstić information content (AvgIpc) is 3.05. The van der Waals surface area contributed by atoms with Gasteiger partial charge in [-0.15, -0.1) is 0 Å². The quantitative estimate of drug-likeness (QED) is 0.452. The molecule has 6 nitrogen and oxygen atoms in total. The second kappa shape index (κ2) is 9.98. The molecule has 3 rings (SSSR count). The highest BCUT2D eigenvalue weighted by molar-refractivity contribution is 5.83. The number of fused-ring (bicyclic) bond motifs is 1. The van der Waals surface area contributed by atoms with Crippen molar-refractivity contribution in [3.8, 4) is 5.75 Å². The zero-order valence-electron chi connectivity index (χ0n) is 17.7. The Morgan fingerprint density at radius 2 is 1.76 bits per heavy atom. The smallest absolute Gasteiger partial charge is 0.191 e. The number of likely N-dealkylation sites (N-methyl/N-ethyl adjacent to an activating group) is 1. The molecule has 3 aromatic rings. The number of guanidine groups is 1. The highest BCUT2D eigenvalue weighted by atomic mass is 16.5. The Balaban J connectivity index is 1.57. The number of aliphatic imine (C=N–C) groups is 1. The summed E-state index contributed by atoms with van der Waals surface area (Å²) in [5.74, 6) is 2.53. The summed E-state index contributed by atoms with van der Waals surface area (Å²) in [4.78, 5) is 6.43. The minimum absolute atomic E-state index is 0.571. The lowest BCUT2D eigenvalue weighted by atomic mass is 10.1. The largest absolute Gasteiger partial charge is 0.492 e. The van der Waals surface area contributed by atoms with Gasteiger partial charge in [-0.05, 0) is 33.2 Å². The first-order valence-corrected chi connectivity index (χ1v) is 9.85. The van der Waals surface area contributed by atoms with Crippen LogP contribution in [0.1, 0.15) is 16.9 Å². The first kappa shape index (κ1) is 20.7. The minimum atomic E-state index is 0.571. The van der Waals surface area contributed by atoms with Gasteiger partial charge in [0.2, 0.25) is 0 Å². The third kappa shape index (κ3) is 5.51. The molecule has 0 spiro atoms. The molecular weight excluding hydrogens is 364 g/mol. The predicted molar refractivity (Wildman–Crippen MR) is 118 cm³/mol. The number of nitrogens with one attached hydrogen (secondary N) is 2. The minimum Gasteiger partial charge on any atom is -0.492 e. The molecule has 1 heterocycles. The van der Waals surface area contributed by atoms with Crippen molar-refractivity contribution < 1.29 is 9.15 Å². The summed E-state index contributed by atoms with van der Waals surface area (Å²) in [6, 6.07) is 16.2. The first-order valence-electron chi connectivity index (χ1n) is 9.85. The van der Waals surface area contributed by atoms with Crippen LogP contribution in [0.25, 0.3) is 11.0 Å². The molecule has 29 heavy (non-hydrogen) atoms. The molecule has 0 amide bonds. The maximum Gasteiger partial charge on any atom is 0.191 e. The fraction of sp³-hybridized carbons (Fsp3) is 0.348. The van der Waals surface area contributed by atoms with Crippen LogP contribution in [0.15, 0.2) is 57.9 Å². The van der Waals surface area contributed by atoms with Gasteiger partial charge in [0.05, 0.1) is 6.54 Å². The molecule has 0 atom stereocenters. The van der Waals surface area contributed by atoms with Crippen molar-refractivity contribution in [3.63, 3.8) is 0 Å². The van der Waals surface area contributed by atoms with E-state index in [4.69, 9.17) is 9.15 Å². The molecule has 0 aliphatic carbocycles. The summed E-state index contributed by atoms with van der Waals surface area (Å²) in [5.41, 5.74) is 3.16. The summed E-state index contributed by atoms with van der Waals surface area (Å²) in [6.07, 6.45) is 0. The maximum atomic E-state index is 5.97. The number of furan rings is 1. The lowest BCUT2D eigenvalue weighted by Crippen LogP contribution is -2.36. The molecule has 2 aromatic carbocycles. The number of aryl methyl sites for hydroxylation is 1. The number of nitrogens with zero attached hydrogens (tertiary/aromatic N) is 2. The van der Waals surface area contributed by atoms with Gasteiger partial charge in [-0.25, -0.2) is 0 Å². The fourth-order valence-corrected chi connectivity index (χ4v) is 3.09. The maximum absolute atomic E-state index is 5.97. The van der Waals surface area contributed by atoms with Gasteiger partial charge in [0, 0.05) is 36.7 Å². The van der Waals surface area contributed by atoms with Crippen molar-refractivity contribution in [2.75, 3.05) is 34.3 Å². The number of benzene rings is 2. The van der Waals surface area contributed by atoms with Gasteiger partial charge in [0.1, 0.15) is 23.7 Å². The van der Waals surface area contributed by atoms with Crippen LogP contribution in [0.5, 0.6) is 5.75 Å². The standard InChI is InChI=1S/C23H30N4O2/c1-17-19-10-6-8-12-21(19)29-22(17)16-26-23(24-2)25-15-18-9-5-7-11-20(18)28-14-13-27(3)4/h5-12H,13-16H2,1-4H3,(H2,24,25,26). The Bertz CT molecular complexity index is 962. The summed E-state index contributed by atoms with van der Waals surface area (Å²) in [7, 11) is 5.84. The van der Waals surface area contributed by atoms with Crippen LogP contribution in [-0.4, -0.2) is 45.2 Å². The Morgan fingerprint density at radius 1 is 1.03 bits per heavy atom. The van der Waals surface area contributed by atoms with Crippen molar-refractivity contribution >= 4 is 16.9 Å². The van der Waals surface area contributed by atoms with E-state index < -0.39 is 0 Å². The van der Waals surface area contributed by atoms with Gasteiger partial charge < -0.3 is 24.7 Å². The van der Waals surface area contributed by atoms with Gasteiger partial charge >= 0.3 is 0 Å². The van der Waals surface area contributed by atoms with Crippen LogP contribution < -0.4 is 15.4 Å². The second-order valence-electron chi connectivity index (χ2n) is 7.19. The highest BCUT2D eigenvalue weighted by Gasteiger charge is 2.11. The normalized spacial score (nSPS) is 11.8. The Labute approximate surface area is 172 Å². The predicted octanol–water partition coefficient (Wildman–Crippen LogP) is 3.55. The van der Waals surface area contributed by atoms with Crippen LogP contribution in [0.4, 0.5) is 0 Å². The van der Waals surface area contributed by atoms with Crippen molar-refractivity contribution in [3.05, 3.63) is 65.4 Å². The van der Waals surface area contributed by atoms with Crippen LogP contribution in [0, 0.1) is 6.92 Å². The van der Waals surface area contributed by atoms with Gasteiger partial charge in [-0.1, -0.05) is 36.4 Å². The third-order valence-corrected chi connectivity index (χ3v) is 4.80. The monoisotopic (exact) mass is 394 g/mol. The molecule has 6 heteroatoms. The van der Waals surface area contributed by atoms with E-state index in [1.807, 2.05) is 50.5 Å². The molecule has 0 aliphatic heterocycles. The molecule has 154 valence electrons. The molecule has 0 saturated heterocycles. The Morgan fingerprint density at radius 3 is 2.52 bits per heavy atom. The van der Waals surface area contributed by atoms with Crippen molar-refractivity contribution in [2.24, 2.45) is 4.99 Å². The lowest BCUT2D eigenvalue weighted by molar-refractivity contribution is 0.259. The van der Waals surface area contributed by atoms with Crippen LogP contribution in [0.2, 0.25) is 0 Å². The third-order valence-electron chi connectivity index (χ3n) is 4.80. The number of hydrogen-bond donors (Lipinski definition) is 2. The molecule has 0 bridgehead atoms. The number of ether oxygens (including phenoxy) is 1. The van der Waals surface area contributed by atoms with Crippen molar-refractivity contribution in [1.82, 2.24) is 15.5 Å². The Kier molecular flexibility index (Phi) is 7.14. The molecule has 2 N–H and O–H groups in total. The second-order valence-corrected chi connectivity index (χ2v) is 7.19. The average molecular weight is 395 g/mol. The summed E-state index contributed by atoms with van der Waals surface area (Å²) < 4.78 is 11.9. The summed E-state index contributed by atoms with van der Waals surface area (Å²) in [6.45, 7) is 4.81. The molecule has 0 unspecified atom stereocenters. The zero-order chi connectivity index (χ0) is 20.6. The topological polar surface area (TPSA) is 62.0 Å². The van der Waals surface area contributed by atoms with Crippen LogP contribution in [-0.2, 0) is 13.1 Å². The molecule has 0 fully saturated rings. The molecular formula is C23H30N4O2. The van der Waals surface area contributed by atoms with Gasteiger partial charge in [-0.3, -0.25) is 4.99 Å². The molecule has 0 aliphatic rings. The summed E-state index contributed by atoms with van der Waals surface area (Å²) >= 11 is 0. The van der Waals surface area contributed by atoms with Crippen molar-refractivity contribution in [1.29, 1.82) is 0 Å². The van der Waals surface area contributed by atoms with E-state index in [2.05, 4.69) is 39.6 Å². The van der Waals surface area contributed by atoms with E-state index in [9.17, 15) is 0 Å². The molecule has 1 aromatic heterocycles. The SMILES string of the molecule is CN=C(NCc1ccccc1OCCN(C)C)NCc1oc2ccccc2c1C. The first-order chi connectivity index (χ1) is 14.1. The van der Waals surface area contributed by atoms with Crippen LogP contribution in [0.3, 0.4) is 0 Å². The molecule has 0 radical (unpaired) electrons. The molecule has 0 saturated carbocycles. The van der Waals surface area contributed by atoms with E-state index in [1.165, 1.54) is 0 Å². The van der Waals surface area contributed by atoms with Crippen LogP contribution >= 0.6 is 0 Å². The highest BCUT2D eigenvalue weighted by Crippen LogP contribution is 2.24. The number of para-hydroxylation sites is 2. The van der Waals surface area contributed by atoms with E-state index in [0.29, 0.717) is 25.7 Å². The van der Waals surface area contributed by atoms with Gasteiger partial charge in [-0.2, -0.15) is 0 Å². The van der Waals surface area contributed by atoms with E-state index in [1.54, 1.807) is 7.05 Å².